The Bertz CT molecular complexity index is 1180. The Labute approximate surface area is 382 Å². The summed E-state index contributed by atoms with van der Waals surface area (Å²) in [6.07, 6.45) is 63.1. The van der Waals surface area contributed by atoms with Gasteiger partial charge in [0.25, 0.3) is 0 Å². The van der Waals surface area contributed by atoms with Crippen molar-refractivity contribution in [2.75, 3.05) is 13.2 Å². The average molecular weight is 865 g/mol. The number of allylic oxidation sites excluding steroid dienone is 12. The molecule has 0 aliphatic rings. The molecule has 0 saturated heterocycles. The summed E-state index contributed by atoms with van der Waals surface area (Å²) in [5, 5.41) is 0. The van der Waals surface area contributed by atoms with E-state index in [1.165, 1.54) is 103 Å². The van der Waals surface area contributed by atoms with Crippen LogP contribution in [0.3, 0.4) is 0 Å². The number of carbonyl (C=O) groups excluding carboxylic acids is 3. The van der Waals surface area contributed by atoms with E-state index in [1.807, 2.05) is 0 Å². The minimum atomic E-state index is -0.795. The summed E-state index contributed by atoms with van der Waals surface area (Å²) in [6.45, 7) is 6.52. The van der Waals surface area contributed by atoms with E-state index in [1.54, 1.807) is 0 Å². The molecule has 0 N–H and O–H groups in total. The maximum absolute atomic E-state index is 12.8. The second-order valence-corrected chi connectivity index (χ2v) is 17.1. The molecular weight excluding hydrogens is 769 g/mol. The zero-order valence-electron chi connectivity index (χ0n) is 40.6. The fraction of sp³-hybridized carbons (Fsp3) is 0.732. The van der Waals surface area contributed by atoms with Crippen LogP contribution in [-0.2, 0) is 28.6 Å². The molecule has 0 aliphatic carbocycles. The van der Waals surface area contributed by atoms with Crippen molar-refractivity contribution in [3.63, 3.8) is 0 Å². The number of carbonyl (C=O) groups is 3. The molecule has 0 bridgehead atoms. The van der Waals surface area contributed by atoms with Crippen LogP contribution in [0.25, 0.3) is 0 Å². The third kappa shape index (κ3) is 47.9. The molecule has 0 radical (unpaired) electrons. The van der Waals surface area contributed by atoms with Crippen LogP contribution >= 0.6 is 0 Å². The molecule has 0 amide bonds. The van der Waals surface area contributed by atoms with Crippen LogP contribution in [0, 0.1) is 0 Å². The van der Waals surface area contributed by atoms with E-state index in [0.29, 0.717) is 19.3 Å². The van der Waals surface area contributed by atoms with Crippen LogP contribution in [0.2, 0.25) is 0 Å². The van der Waals surface area contributed by atoms with Gasteiger partial charge in [-0.05, 0) is 116 Å². The van der Waals surface area contributed by atoms with Crippen LogP contribution in [0.4, 0.5) is 0 Å². The maximum atomic E-state index is 12.8. The third-order valence-corrected chi connectivity index (χ3v) is 10.9. The van der Waals surface area contributed by atoms with E-state index in [4.69, 9.17) is 14.2 Å². The molecule has 6 heteroatoms. The van der Waals surface area contributed by atoms with Crippen molar-refractivity contribution >= 4 is 17.9 Å². The minimum Gasteiger partial charge on any atom is -0.462 e. The lowest BCUT2D eigenvalue weighted by Crippen LogP contribution is -2.30. The SMILES string of the molecule is CCCCC/C=C\C/C=C\C/C=C\C/C=C\CCCCCC(=O)OC[C@@H](COC(=O)CCCCCCC/C=C\CCCCC)OC(=O)CCCCCCC/C=C\CCCCCC. The normalized spacial score (nSPS) is 12.6. The van der Waals surface area contributed by atoms with Crippen molar-refractivity contribution in [1.29, 1.82) is 0 Å². The van der Waals surface area contributed by atoms with Gasteiger partial charge in [-0.3, -0.25) is 14.4 Å². The van der Waals surface area contributed by atoms with Gasteiger partial charge in [0, 0.05) is 19.3 Å². The van der Waals surface area contributed by atoms with Crippen molar-refractivity contribution in [3.8, 4) is 0 Å². The molecule has 0 fully saturated rings. The van der Waals surface area contributed by atoms with Crippen molar-refractivity contribution in [3.05, 3.63) is 72.9 Å². The Balaban J connectivity index is 4.44. The number of hydrogen-bond donors (Lipinski definition) is 0. The lowest BCUT2D eigenvalue weighted by molar-refractivity contribution is -0.167. The highest BCUT2D eigenvalue weighted by molar-refractivity contribution is 5.71. The monoisotopic (exact) mass is 865 g/mol. The Morgan fingerprint density at radius 1 is 0.323 bits per heavy atom. The molecule has 62 heavy (non-hydrogen) atoms. The summed E-state index contributed by atoms with van der Waals surface area (Å²) < 4.78 is 16.7. The van der Waals surface area contributed by atoms with Gasteiger partial charge in [0.1, 0.15) is 13.2 Å². The molecular formula is C56H96O6. The highest BCUT2D eigenvalue weighted by Gasteiger charge is 2.19. The molecule has 0 unspecified atom stereocenters. The first-order valence-corrected chi connectivity index (χ1v) is 25.9. The average Bonchev–Trinajstić information content (AvgIpc) is 3.27. The van der Waals surface area contributed by atoms with E-state index in [-0.39, 0.29) is 31.1 Å². The van der Waals surface area contributed by atoms with Gasteiger partial charge in [-0.25, -0.2) is 0 Å². The highest BCUT2D eigenvalue weighted by Crippen LogP contribution is 2.13. The summed E-state index contributed by atoms with van der Waals surface area (Å²) >= 11 is 0. The number of rotatable bonds is 46. The van der Waals surface area contributed by atoms with Gasteiger partial charge in [-0.15, -0.1) is 0 Å². The highest BCUT2D eigenvalue weighted by atomic mass is 16.6. The number of ether oxygens (including phenoxy) is 3. The molecule has 0 spiro atoms. The number of unbranched alkanes of at least 4 members (excludes halogenated alkanes) is 23. The lowest BCUT2D eigenvalue weighted by atomic mass is 10.1. The zero-order valence-corrected chi connectivity index (χ0v) is 40.6. The zero-order chi connectivity index (χ0) is 45.1. The van der Waals surface area contributed by atoms with Gasteiger partial charge in [0.2, 0.25) is 0 Å². The first-order valence-electron chi connectivity index (χ1n) is 25.9. The van der Waals surface area contributed by atoms with Crippen molar-refractivity contribution in [2.24, 2.45) is 0 Å². The second kappa shape index (κ2) is 50.5. The van der Waals surface area contributed by atoms with Gasteiger partial charge < -0.3 is 14.2 Å². The Morgan fingerprint density at radius 3 is 0.968 bits per heavy atom. The summed E-state index contributed by atoms with van der Waals surface area (Å²) in [4.78, 5) is 37.9. The first kappa shape index (κ1) is 58.9. The summed E-state index contributed by atoms with van der Waals surface area (Å²) in [5.74, 6) is -0.943. The molecule has 1 atom stereocenters. The number of hydrogen-bond acceptors (Lipinski definition) is 6. The van der Waals surface area contributed by atoms with E-state index in [2.05, 4.69) is 93.7 Å². The molecule has 0 heterocycles. The predicted molar refractivity (Wildman–Crippen MR) is 265 cm³/mol. The topological polar surface area (TPSA) is 78.9 Å². The molecule has 0 rings (SSSR count). The van der Waals surface area contributed by atoms with Crippen molar-refractivity contribution < 1.29 is 28.6 Å². The van der Waals surface area contributed by atoms with E-state index in [9.17, 15) is 14.4 Å². The molecule has 6 nitrogen and oxygen atoms in total. The third-order valence-electron chi connectivity index (χ3n) is 10.9. The van der Waals surface area contributed by atoms with Gasteiger partial charge in [0.15, 0.2) is 6.10 Å². The molecule has 0 saturated carbocycles. The summed E-state index contributed by atoms with van der Waals surface area (Å²) in [5.41, 5.74) is 0. The smallest absolute Gasteiger partial charge is 0.306 e. The van der Waals surface area contributed by atoms with Crippen LogP contribution in [-0.4, -0.2) is 37.2 Å². The van der Waals surface area contributed by atoms with E-state index < -0.39 is 6.10 Å². The lowest BCUT2D eigenvalue weighted by Gasteiger charge is -2.18. The molecule has 0 aromatic carbocycles. The largest absolute Gasteiger partial charge is 0.462 e. The molecule has 0 aliphatic heterocycles. The van der Waals surface area contributed by atoms with Crippen molar-refractivity contribution in [2.45, 2.75) is 252 Å². The molecule has 0 aromatic heterocycles. The molecule has 0 aromatic rings. The van der Waals surface area contributed by atoms with Crippen LogP contribution < -0.4 is 0 Å². The minimum absolute atomic E-state index is 0.0936. The standard InChI is InChI=1S/C56H96O6/c1-4-7-10-13-16-19-22-25-26-27-28-29-30-32-34-37-40-43-46-49-55(58)61-52-53(51-60-54(57)48-45-42-39-36-33-24-21-18-15-12-9-6-3)62-56(59)50-47-44-41-38-35-31-23-20-17-14-11-8-5-2/h16,18-21,23,25-26,28-29,32,34,53H,4-15,17,22,24,27,30-31,33,35-52H2,1-3H3/b19-16-,21-18-,23-20-,26-25-,29-28-,34-32-/t53-/m1/s1. The second-order valence-electron chi connectivity index (χ2n) is 17.1. The van der Waals surface area contributed by atoms with Crippen LogP contribution in [0.5, 0.6) is 0 Å². The first-order chi connectivity index (χ1) is 30.5. The quantitative estimate of drug-likeness (QED) is 0.0262. The van der Waals surface area contributed by atoms with E-state index in [0.717, 1.165) is 103 Å². The van der Waals surface area contributed by atoms with Gasteiger partial charge in [-0.2, -0.15) is 0 Å². The van der Waals surface area contributed by atoms with Gasteiger partial charge in [-0.1, -0.05) is 184 Å². The van der Waals surface area contributed by atoms with Gasteiger partial charge >= 0.3 is 17.9 Å². The van der Waals surface area contributed by atoms with Crippen molar-refractivity contribution in [1.82, 2.24) is 0 Å². The fourth-order valence-electron chi connectivity index (χ4n) is 6.94. The Hall–Kier alpha value is -3.15. The fourth-order valence-corrected chi connectivity index (χ4v) is 6.94. The summed E-state index contributed by atoms with van der Waals surface area (Å²) in [6, 6.07) is 0. The summed E-state index contributed by atoms with van der Waals surface area (Å²) in [7, 11) is 0. The Morgan fingerprint density at radius 2 is 0.581 bits per heavy atom. The predicted octanol–water partition coefficient (Wildman–Crippen LogP) is 17.0. The van der Waals surface area contributed by atoms with Crippen LogP contribution in [0.15, 0.2) is 72.9 Å². The molecule has 356 valence electrons. The van der Waals surface area contributed by atoms with Gasteiger partial charge in [0.05, 0.1) is 0 Å². The number of esters is 3. The maximum Gasteiger partial charge on any atom is 0.306 e. The van der Waals surface area contributed by atoms with Crippen LogP contribution in [0.1, 0.15) is 245 Å². The Kier molecular flexibility index (Phi) is 47.9. The van der Waals surface area contributed by atoms with E-state index >= 15 is 0 Å².